The first kappa shape index (κ1) is 13.7. The molecule has 2 rings (SSSR count). The molecule has 0 aliphatic carbocycles. The van der Waals surface area contributed by atoms with Crippen LogP contribution < -0.4 is 5.32 Å². The molecule has 0 atom stereocenters. The van der Waals surface area contributed by atoms with Crippen molar-refractivity contribution < 1.29 is 9.18 Å². The molecule has 0 unspecified atom stereocenters. The fourth-order valence-corrected chi connectivity index (χ4v) is 2.08. The minimum absolute atomic E-state index is 0.136. The summed E-state index contributed by atoms with van der Waals surface area (Å²) in [5.74, 6) is -0.416. The Morgan fingerprint density at radius 2 is 1.89 bits per heavy atom. The number of nitrogens with one attached hydrogen (secondary N) is 1. The van der Waals surface area contributed by atoms with E-state index in [4.69, 9.17) is 0 Å². The van der Waals surface area contributed by atoms with E-state index in [-0.39, 0.29) is 11.7 Å². The maximum absolute atomic E-state index is 12.8. The molecule has 2 nitrogen and oxygen atoms in total. The highest BCUT2D eigenvalue weighted by Crippen LogP contribution is 2.16. The van der Waals surface area contributed by atoms with Gasteiger partial charge in [-0.05, 0) is 42.3 Å². The van der Waals surface area contributed by atoms with Gasteiger partial charge >= 0.3 is 0 Å². The minimum Gasteiger partial charge on any atom is -0.348 e. The van der Waals surface area contributed by atoms with Crippen LogP contribution >= 0.6 is 15.9 Å². The summed E-state index contributed by atoms with van der Waals surface area (Å²) < 4.78 is 13.6. The fourth-order valence-electron chi connectivity index (χ4n) is 1.72. The number of aryl methyl sites for hydroxylation is 1. The smallest absolute Gasteiger partial charge is 0.251 e. The molecule has 19 heavy (non-hydrogen) atoms. The van der Waals surface area contributed by atoms with Crippen LogP contribution in [-0.2, 0) is 6.54 Å². The summed E-state index contributed by atoms with van der Waals surface area (Å²) in [6.45, 7) is 2.27. The van der Waals surface area contributed by atoms with E-state index < -0.39 is 0 Å². The first-order valence-corrected chi connectivity index (χ1v) is 6.64. The van der Waals surface area contributed by atoms with E-state index in [1.807, 2.05) is 19.1 Å². The molecule has 1 N–H and O–H groups in total. The largest absolute Gasteiger partial charge is 0.348 e. The van der Waals surface area contributed by atoms with Crippen molar-refractivity contribution in [3.05, 3.63) is 69.4 Å². The molecule has 2 aromatic carbocycles. The zero-order valence-corrected chi connectivity index (χ0v) is 12.0. The second-order valence-corrected chi connectivity index (χ2v) is 5.18. The molecule has 0 heterocycles. The third-order valence-corrected chi connectivity index (χ3v) is 3.30. The zero-order chi connectivity index (χ0) is 13.8. The maximum atomic E-state index is 12.8. The van der Waals surface area contributed by atoms with Crippen molar-refractivity contribution in [1.29, 1.82) is 0 Å². The van der Waals surface area contributed by atoms with Crippen molar-refractivity contribution in [2.75, 3.05) is 0 Å². The topological polar surface area (TPSA) is 29.1 Å². The van der Waals surface area contributed by atoms with Gasteiger partial charge in [0.2, 0.25) is 0 Å². The average molecular weight is 322 g/mol. The third kappa shape index (κ3) is 3.64. The fraction of sp³-hybridized carbons (Fsp3) is 0.133. The van der Waals surface area contributed by atoms with Crippen LogP contribution in [0, 0.1) is 12.7 Å². The number of benzene rings is 2. The van der Waals surface area contributed by atoms with Gasteiger partial charge in [-0.15, -0.1) is 0 Å². The van der Waals surface area contributed by atoms with E-state index in [0.717, 1.165) is 15.6 Å². The van der Waals surface area contributed by atoms with E-state index >= 15 is 0 Å². The maximum Gasteiger partial charge on any atom is 0.251 e. The van der Waals surface area contributed by atoms with Crippen LogP contribution in [0.3, 0.4) is 0 Å². The van der Waals surface area contributed by atoms with Crippen LogP contribution in [0.25, 0.3) is 0 Å². The number of hydrogen-bond donors (Lipinski definition) is 1. The predicted octanol–water partition coefficient (Wildman–Crippen LogP) is 3.83. The molecule has 0 fully saturated rings. The number of carbonyl (C=O) groups is 1. The van der Waals surface area contributed by atoms with E-state index in [9.17, 15) is 9.18 Å². The predicted molar refractivity (Wildman–Crippen MR) is 76.4 cm³/mol. The highest BCUT2D eigenvalue weighted by molar-refractivity contribution is 9.10. The Balaban J connectivity index is 2.05. The van der Waals surface area contributed by atoms with Crippen molar-refractivity contribution in [3.63, 3.8) is 0 Å². The summed E-state index contributed by atoms with van der Waals surface area (Å²) in [4.78, 5) is 12.1. The van der Waals surface area contributed by atoms with Crippen molar-refractivity contribution in [2.24, 2.45) is 0 Å². The number of hydrogen-bond acceptors (Lipinski definition) is 1. The van der Waals surface area contributed by atoms with Gasteiger partial charge in [-0.1, -0.05) is 34.1 Å². The molecule has 1 amide bonds. The molecule has 4 heteroatoms. The quantitative estimate of drug-likeness (QED) is 0.914. The lowest BCUT2D eigenvalue weighted by Crippen LogP contribution is -2.23. The number of amides is 1. The summed E-state index contributed by atoms with van der Waals surface area (Å²) >= 11 is 3.35. The van der Waals surface area contributed by atoms with E-state index in [2.05, 4.69) is 21.2 Å². The van der Waals surface area contributed by atoms with Gasteiger partial charge in [0, 0.05) is 16.6 Å². The Bertz CT molecular complexity index is 596. The van der Waals surface area contributed by atoms with Gasteiger partial charge < -0.3 is 5.32 Å². The van der Waals surface area contributed by atoms with Gasteiger partial charge in [0.15, 0.2) is 0 Å². The monoisotopic (exact) mass is 321 g/mol. The Morgan fingerprint density at radius 3 is 2.58 bits per heavy atom. The third-order valence-electron chi connectivity index (χ3n) is 2.81. The average Bonchev–Trinajstić information content (AvgIpc) is 2.40. The summed E-state index contributed by atoms with van der Waals surface area (Å²) in [6.07, 6.45) is 0. The molecule has 0 saturated heterocycles. The van der Waals surface area contributed by atoms with Crippen molar-refractivity contribution >= 4 is 21.8 Å². The molecule has 0 spiro atoms. The van der Waals surface area contributed by atoms with Gasteiger partial charge in [-0.25, -0.2) is 4.39 Å². The Kier molecular flexibility index (Phi) is 4.32. The minimum atomic E-state index is -0.280. The second-order valence-electron chi connectivity index (χ2n) is 4.27. The molecular formula is C15H13BrFNO. The molecule has 0 saturated carbocycles. The SMILES string of the molecule is Cc1ccc(Br)cc1C(=O)NCc1ccc(F)cc1. The lowest BCUT2D eigenvalue weighted by atomic mass is 10.1. The Labute approximate surface area is 119 Å². The lowest BCUT2D eigenvalue weighted by Gasteiger charge is -2.08. The van der Waals surface area contributed by atoms with Crippen LogP contribution in [0.1, 0.15) is 21.5 Å². The van der Waals surface area contributed by atoms with Crippen LogP contribution in [0.15, 0.2) is 46.9 Å². The Morgan fingerprint density at radius 1 is 1.21 bits per heavy atom. The molecule has 0 radical (unpaired) electrons. The first-order valence-electron chi connectivity index (χ1n) is 5.85. The summed E-state index contributed by atoms with van der Waals surface area (Å²) in [7, 11) is 0. The summed E-state index contributed by atoms with van der Waals surface area (Å²) in [5, 5.41) is 2.82. The van der Waals surface area contributed by atoms with E-state index in [1.165, 1.54) is 12.1 Å². The van der Waals surface area contributed by atoms with Gasteiger partial charge in [-0.3, -0.25) is 4.79 Å². The van der Waals surface area contributed by atoms with Gasteiger partial charge in [0.25, 0.3) is 5.91 Å². The summed E-state index contributed by atoms with van der Waals surface area (Å²) in [6, 6.07) is 11.6. The Hall–Kier alpha value is -1.68. The standard InChI is InChI=1S/C15H13BrFNO/c1-10-2-5-12(16)8-14(10)15(19)18-9-11-3-6-13(17)7-4-11/h2-8H,9H2,1H3,(H,18,19). The van der Waals surface area contributed by atoms with Gasteiger partial charge in [0.1, 0.15) is 5.82 Å². The number of halogens is 2. The molecule has 0 aliphatic rings. The van der Waals surface area contributed by atoms with Crippen LogP contribution in [0.2, 0.25) is 0 Å². The normalized spacial score (nSPS) is 10.3. The van der Waals surface area contributed by atoms with Crippen molar-refractivity contribution in [3.8, 4) is 0 Å². The molecule has 0 bridgehead atoms. The lowest BCUT2D eigenvalue weighted by molar-refractivity contribution is 0.0950. The highest BCUT2D eigenvalue weighted by Gasteiger charge is 2.09. The zero-order valence-electron chi connectivity index (χ0n) is 10.4. The van der Waals surface area contributed by atoms with Crippen LogP contribution in [0.4, 0.5) is 4.39 Å². The molecule has 0 aliphatic heterocycles. The van der Waals surface area contributed by atoms with Crippen molar-refractivity contribution in [1.82, 2.24) is 5.32 Å². The second kappa shape index (κ2) is 5.97. The number of carbonyl (C=O) groups excluding carboxylic acids is 1. The van der Waals surface area contributed by atoms with Gasteiger partial charge in [-0.2, -0.15) is 0 Å². The van der Waals surface area contributed by atoms with Crippen LogP contribution in [-0.4, -0.2) is 5.91 Å². The number of rotatable bonds is 3. The van der Waals surface area contributed by atoms with Crippen molar-refractivity contribution in [2.45, 2.75) is 13.5 Å². The first-order chi connectivity index (χ1) is 9.06. The molecule has 98 valence electrons. The molecule has 0 aromatic heterocycles. The van der Waals surface area contributed by atoms with Crippen LogP contribution in [0.5, 0.6) is 0 Å². The summed E-state index contributed by atoms with van der Waals surface area (Å²) in [5.41, 5.74) is 2.42. The van der Waals surface area contributed by atoms with E-state index in [0.29, 0.717) is 12.1 Å². The van der Waals surface area contributed by atoms with Gasteiger partial charge in [0.05, 0.1) is 0 Å². The molecular weight excluding hydrogens is 309 g/mol. The van der Waals surface area contributed by atoms with E-state index in [1.54, 1.807) is 18.2 Å². The highest BCUT2D eigenvalue weighted by atomic mass is 79.9. The molecule has 2 aromatic rings.